The molecule has 0 spiro atoms. The van der Waals surface area contributed by atoms with Gasteiger partial charge < -0.3 is 10.5 Å². The van der Waals surface area contributed by atoms with Crippen LogP contribution in [0.4, 0.5) is 0 Å². The van der Waals surface area contributed by atoms with Gasteiger partial charge in [0.05, 0.1) is 12.3 Å². The second-order valence-electron chi connectivity index (χ2n) is 4.69. The number of ether oxygens (including phenoxy) is 1. The predicted octanol–water partition coefficient (Wildman–Crippen LogP) is 0.611. The van der Waals surface area contributed by atoms with Crippen LogP contribution in [0.25, 0.3) is 6.08 Å². The van der Waals surface area contributed by atoms with Crippen LogP contribution in [0.15, 0.2) is 22.7 Å². The minimum absolute atomic E-state index is 0.190. The molecule has 0 saturated carbocycles. The number of amides is 1. The minimum atomic E-state index is -0.553. The van der Waals surface area contributed by atoms with Crippen LogP contribution in [0.1, 0.15) is 12.6 Å². The third-order valence-electron chi connectivity index (χ3n) is 3.34. The summed E-state index contributed by atoms with van der Waals surface area (Å²) in [6, 6.07) is -0.553. The molecule has 0 bridgehead atoms. The standard InChI is InChI=1S/C13H14N4O3S2/c1-2-20-13(19)10-7(3-4-8-6-22-16-15-8)5-21-12-9(14)11(18)17(10)12/h3-4,6,9,12H,2,5,14H2,1H3/t9?,12-/m0/s1. The Kier molecular flexibility index (Phi) is 4.27. The van der Waals surface area contributed by atoms with E-state index in [1.165, 1.54) is 28.2 Å². The van der Waals surface area contributed by atoms with Gasteiger partial charge in [-0.25, -0.2) is 4.79 Å². The van der Waals surface area contributed by atoms with Crippen LogP contribution in [0.5, 0.6) is 0 Å². The summed E-state index contributed by atoms with van der Waals surface area (Å²) >= 11 is 2.79. The average Bonchev–Trinajstić information content (AvgIpc) is 3.04. The number of β-lactam (4-membered cyclic amide) rings is 1. The number of rotatable bonds is 4. The van der Waals surface area contributed by atoms with Crippen molar-refractivity contribution in [3.8, 4) is 0 Å². The van der Waals surface area contributed by atoms with E-state index in [0.717, 1.165) is 5.57 Å². The first kappa shape index (κ1) is 15.2. The zero-order chi connectivity index (χ0) is 15.7. The van der Waals surface area contributed by atoms with Crippen LogP contribution < -0.4 is 5.73 Å². The minimum Gasteiger partial charge on any atom is -0.461 e. The molecule has 1 saturated heterocycles. The number of nitrogens with zero attached hydrogens (tertiary/aromatic N) is 3. The molecule has 2 N–H and O–H groups in total. The Balaban J connectivity index is 1.94. The van der Waals surface area contributed by atoms with E-state index in [9.17, 15) is 9.59 Å². The first-order valence-electron chi connectivity index (χ1n) is 6.69. The summed E-state index contributed by atoms with van der Waals surface area (Å²) in [4.78, 5) is 25.7. The lowest BCUT2D eigenvalue weighted by atomic mass is 10.0. The lowest BCUT2D eigenvalue weighted by molar-refractivity contribution is -0.150. The highest BCUT2D eigenvalue weighted by Gasteiger charge is 2.51. The molecule has 116 valence electrons. The number of allylic oxidation sites excluding steroid dienone is 1. The maximum atomic E-state index is 12.2. The van der Waals surface area contributed by atoms with Gasteiger partial charge in [-0.05, 0) is 30.1 Å². The van der Waals surface area contributed by atoms with Crippen molar-refractivity contribution in [1.29, 1.82) is 0 Å². The van der Waals surface area contributed by atoms with Crippen LogP contribution >= 0.6 is 23.3 Å². The van der Waals surface area contributed by atoms with Gasteiger partial charge in [-0.15, -0.1) is 16.9 Å². The van der Waals surface area contributed by atoms with Crippen LogP contribution in [0.2, 0.25) is 0 Å². The number of fused-ring (bicyclic) bond motifs is 1. The molecule has 2 atom stereocenters. The summed E-state index contributed by atoms with van der Waals surface area (Å²) in [5.41, 5.74) is 7.51. The summed E-state index contributed by atoms with van der Waals surface area (Å²) in [7, 11) is 0. The second kappa shape index (κ2) is 6.19. The Morgan fingerprint density at radius 1 is 1.59 bits per heavy atom. The maximum absolute atomic E-state index is 12.2. The van der Waals surface area contributed by atoms with Gasteiger partial charge in [-0.2, -0.15) is 0 Å². The third-order valence-corrected chi connectivity index (χ3v) is 5.19. The van der Waals surface area contributed by atoms with E-state index < -0.39 is 12.0 Å². The van der Waals surface area contributed by atoms with E-state index in [0.29, 0.717) is 11.4 Å². The summed E-state index contributed by atoms with van der Waals surface area (Å²) in [5, 5.41) is 5.52. The quantitative estimate of drug-likeness (QED) is 0.634. The highest BCUT2D eigenvalue weighted by Crippen LogP contribution is 2.40. The number of aromatic nitrogens is 2. The fourth-order valence-corrected chi connectivity index (χ4v) is 3.97. The number of carbonyl (C=O) groups excluding carboxylic acids is 2. The number of carbonyl (C=O) groups is 2. The smallest absolute Gasteiger partial charge is 0.355 e. The molecular formula is C13H14N4O3S2. The first-order valence-corrected chi connectivity index (χ1v) is 8.57. The SMILES string of the molecule is CCOC(=O)C1=C(C=Cc2csnn2)CS[C@H]2C(N)C(=O)N12. The number of nitrogens with two attached hydrogens (primary N) is 1. The van der Waals surface area contributed by atoms with E-state index in [4.69, 9.17) is 10.5 Å². The Hall–Kier alpha value is -1.71. The van der Waals surface area contributed by atoms with Gasteiger partial charge in [0.1, 0.15) is 17.1 Å². The van der Waals surface area contributed by atoms with E-state index in [2.05, 4.69) is 9.59 Å². The molecule has 3 heterocycles. The van der Waals surface area contributed by atoms with Crippen molar-refractivity contribution in [2.75, 3.05) is 12.4 Å². The summed E-state index contributed by atoms with van der Waals surface area (Å²) in [5.74, 6) is -0.157. The molecule has 2 aliphatic heterocycles. The topological polar surface area (TPSA) is 98.4 Å². The second-order valence-corrected chi connectivity index (χ2v) is 6.41. The van der Waals surface area contributed by atoms with Crippen LogP contribution in [0.3, 0.4) is 0 Å². The largest absolute Gasteiger partial charge is 0.461 e. The van der Waals surface area contributed by atoms with Gasteiger partial charge in [0.15, 0.2) is 0 Å². The summed E-state index contributed by atoms with van der Waals surface area (Å²) in [6.45, 7) is 1.98. The zero-order valence-electron chi connectivity index (χ0n) is 11.8. The Morgan fingerprint density at radius 2 is 2.41 bits per heavy atom. The van der Waals surface area contributed by atoms with Gasteiger partial charge in [-0.3, -0.25) is 9.69 Å². The fraction of sp³-hybridized carbons (Fsp3) is 0.385. The highest BCUT2D eigenvalue weighted by molar-refractivity contribution is 8.00. The Morgan fingerprint density at radius 3 is 3.09 bits per heavy atom. The van der Waals surface area contributed by atoms with Gasteiger partial charge in [0.2, 0.25) is 5.91 Å². The van der Waals surface area contributed by atoms with Crippen molar-refractivity contribution in [2.45, 2.75) is 18.3 Å². The van der Waals surface area contributed by atoms with E-state index in [-0.39, 0.29) is 23.6 Å². The molecule has 0 radical (unpaired) electrons. The molecule has 22 heavy (non-hydrogen) atoms. The van der Waals surface area contributed by atoms with Gasteiger partial charge in [0, 0.05) is 11.1 Å². The van der Waals surface area contributed by atoms with E-state index in [1.807, 2.05) is 0 Å². The average molecular weight is 338 g/mol. The number of thioether (sulfide) groups is 1. The lowest BCUT2D eigenvalue weighted by Gasteiger charge is -2.48. The normalized spacial score (nSPS) is 24.5. The van der Waals surface area contributed by atoms with Crippen LogP contribution in [-0.2, 0) is 14.3 Å². The number of esters is 1. The number of hydrogen-bond donors (Lipinski definition) is 1. The molecule has 3 rings (SSSR count). The lowest BCUT2D eigenvalue weighted by Crippen LogP contribution is -2.68. The van der Waals surface area contributed by atoms with Crippen LogP contribution in [-0.4, -0.2) is 50.1 Å². The van der Waals surface area contributed by atoms with Crippen molar-refractivity contribution in [3.63, 3.8) is 0 Å². The molecule has 9 heteroatoms. The molecule has 1 fully saturated rings. The molecule has 1 aromatic heterocycles. The first-order chi connectivity index (χ1) is 10.6. The van der Waals surface area contributed by atoms with E-state index in [1.54, 1.807) is 24.5 Å². The molecule has 0 aliphatic carbocycles. The van der Waals surface area contributed by atoms with Gasteiger partial charge in [0.25, 0.3) is 0 Å². The van der Waals surface area contributed by atoms with Crippen molar-refractivity contribution >= 4 is 41.2 Å². The summed E-state index contributed by atoms with van der Waals surface area (Å²) in [6.07, 6.45) is 3.55. The fourth-order valence-electron chi connectivity index (χ4n) is 2.29. The van der Waals surface area contributed by atoms with E-state index >= 15 is 0 Å². The van der Waals surface area contributed by atoms with Crippen LogP contribution in [0, 0.1) is 0 Å². The Bertz CT molecular complexity index is 656. The molecular weight excluding hydrogens is 324 g/mol. The zero-order valence-corrected chi connectivity index (χ0v) is 13.4. The summed E-state index contributed by atoms with van der Waals surface area (Å²) < 4.78 is 8.86. The van der Waals surface area contributed by atoms with Gasteiger partial charge >= 0.3 is 5.97 Å². The van der Waals surface area contributed by atoms with Crippen molar-refractivity contribution in [1.82, 2.24) is 14.5 Å². The molecule has 0 aromatic carbocycles. The van der Waals surface area contributed by atoms with Gasteiger partial charge in [-0.1, -0.05) is 10.6 Å². The molecule has 2 aliphatic rings. The van der Waals surface area contributed by atoms with Crippen molar-refractivity contribution in [3.05, 3.63) is 28.4 Å². The highest BCUT2D eigenvalue weighted by atomic mass is 32.2. The Labute approximate surface area is 135 Å². The number of hydrogen-bond acceptors (Lipinski definition) is 8. The van der Waals surface area contributed by atoms with Crippen molar-refractivity contribution < 1.29 is 14.3 Å². The molecule has 1 aromatic rings. The predicted molar refractivity (Wildman–Crippen MR) is 83.7 cm³/mol. The molecule has 7 nitrogen and oxygen atoms in total. The monoisotopic (exact) mass is 338 g/mol. The molecule has 1 unspecified atom stereocenters. The molecule has 1 amide bonds. The third kappa shape index (κ3) is 2.55. The van der Waals surface area contributed by atoms with Crippen molar-refractivity contribution in [2.24, 2.45) is 5.73 Å². The maximum Gasteiger partial charge on any atom is 0.355 e.